The maximum Gasteiger partial charge on any atom is 0.273 e. The fourth-order valence-corrected chi connectivity index (χ4v) is 3.68. The van der Waals surface area contributed by atoms with Gasteiger partial charge in [0.2, 0.25) is 0 Å². The molecule has 0 bridgehead atoms. The third kappa shape index (κ3) is 2.92. The van der Waals surface area contributed by atoms with E-state index in [0.29, 0.717) is 0 Å². The van der Waals surface area contributed by atoms with Crippen LogP contribution in [-0.4, -0.2) is 23.2 Å². The zero-order valence-electron chi connectivity index (χ0n) is 10.9. The Balaban J connectivity index is 1.74. The maximum atomic E-state index is 11.5. The molecule has 2 heterocycles. The predicted molar refractivity (Wildman–Crippen MR) is 76.0 cm³/mol. The van der Waals surface area contributed by atoms with E-state index in [1.807, 2.05) is 6.07 Å². The molecule has 2 N–H and O–H groups in total. The molecule has 0 atom stereocenters. The first-order valence-corrected chi connectivity index (χ1v) is 8.97. The molecule has 3 rings (SSSR count). The molecule has 1 saturated carbocycles. The van der Waals surface area contributed by atoms with Crippen LogP contribution in [0.15, 0.2) is 22.7 Å². The van der Waals surface area contributed by atoms with Crippen LogP contribution in [0.5, 0.6) is 0 Å². The van der Waals surface area contributed by atoms with E-state index < -0.39 is 10.0 Å². The molecule has 0 aliphatic heterocycles. The van der Waals surface area contributed by atoms with Crippen LogP contribution in [0.25, 0.3) is 0 Å². The average Bonchev–Trinajstić information content (AvgIpc) is 2.91. The van der Waals surface area contributed by atoms with Crippen molar-refractivity contribution in [1.29, 1.82) is 0 Å². The van der Waals surface area contributed by atoms with Crippen molar-refractivity contribution in [3.63, 3.8) is 0 Å². The number of aryl methyl sites for hydroxylation is 2. The molecule has 1 fully saturated rings. The lowest BCUT2D eigenvalue weighted by Crippen LogP contribution is -2.19. The fraction of sp³-hybridized carbons (Fsp3) is 0.500. The summed E-state index contributed by atoms with van der Waals surface area (Å²) in [7, 11) is -3.79. The second-order valence-electron chi connectivity index (χ2n) is 4.98. The summed E-state index contributed by atoms with van der Waals surface area (Å²) in [4.78, 5) is 1.33. The number of aromatic nitrogens is 3. The quantitative estimate of drug-likeness (QED) is 0.875. The van der Waals surface area contributed by atoms with Crippen LogP contribution < -0.4 is 5.14 Å². The number of primary sulfonamides is 1. The Kier molecular flexibility index (Phi) is 3.61. The van der Waals surface area contributed by atoms with E-state index in [2.05, 4.69) is 21.6 Å². The molecule has 0 saturated heterocycles. The number of hydrogen-bond acceptors (Lipinski definition) is 5. The van der Waals surface area contributed by atoms with Crippen LogP contribution in [-0.2, 0) is 22.9 Å². The molecular formula is C12H16N4O2S2. The number of nitrogens with two attached hydrogens (primary N) is 1. The normalized spacial score (nSPS) is 15.7. The summed E-state index contributed by atoms with van der Waals surface area (Å²) in [5.74, 6) is 0.730. The SMILES string of the molecule is NS(=O)(=O)c1nnc(CCCc2cccs2)n1C1CC1. The standard InChI is InChI=1S/C12H16N4O2S2/c13-20(17,18)12-15-14-11(16(12)9-6-7-9)5-1-3-10-4-2-8-19-10/h2,4,8-9H,1,3,5-7H2,(H2,13,17,18). The van der Waals surface area contributed by atoms with Gasteiger partial charge in [0.1, 0.15) is 5.82 Å². The number of hydrogen-bond donors (Lipinski definition) is 1. The molecular weight excluding hydrogens is 296 g/mol. The van der Waals surface area contributed by atoms with Gasteiger partial charge in [-0.1, -0.05) is 6.07 Å². The minimum Gasteiger partial charge on any atom is -0.298 e. The summed E-state index contributed by atoms with van der Waals surface area (Å²) < 4.78 is 24.7. The summed E-state index contributed by atoms with van der Waals surface area (Å²) in [5, 5.41) is 14.9. The van der Waals surface area contributed by atoms with Crippen molar-refractivity contribution < 1.29 is 8.42 Å². The molecule has 20 heavy (non-hydrogen) atoms. The van der Waals surface area contributed by atoms with Crippen molar-refractivity contribution in [2.24, 2.45) is 5.14 Å². The van der Waals surface area contributed by atoms with Crippen LogP contribution in [0, 0.1) is 0 Å². The molecule has 0 spiro atoms. The van der Waals surface area contributed by atoms with Crippen molar-refractivity contribution in [2.45, 2.75) is 43.3 Å². The van der Waals surface area contributed by atoms with Gasteiger partial charge in [0.05, 0.1) is 0 Å². The minimum atomic E-state index is -3.79. The lowest BCUT2D eigenvalue weighted by molar-refractivity contribution is 0.556. The molecule has 0 aromatic carbocycles. The predicted octanol–water partition coefficient (Wildman–Crippen LogP) is 1.50. The Morgan fingerprint density at radius 2 is 2.15 bits per heavy atom. The molecule has 0 radical (unpaired) electrons. The molecule has 1 aliphatic rings. The van der Waals surface area contributed by atoms with Gasteiger partial charge in [-0.3, -0.25) is 4.57 Å². The van der Waals surface area contributed by atoms with Gasteiger partial charge in [0, 0.05) is 17.3 Å². The second-order valence-corrected chi connectivity index (χ2v) is 7.47. The maximum absolute atomic E-state index is 11.5. The van der Waals surface area contributed by atoms with Gasteiger partial charge in [0.15, 0.2) is 0 Å². The van der Waals surface area contributed by atoms with Crippen LogP contribution in [0.3, 0.4) is 0 Å². The van der Waals surface area contributed by atoms with Crippen molar-refractivity contribution in [3.05, 3.63) is 28.2 Å². The van der Waals surface area contributed by atoms with Crippen LogP contribution in [0.4, 0.5) is 0 Å². The van der Waals surface area contributed by atoms with Crippen LogP contribution >= 0.6 is 11.3 Å². The Morgan fingerprint density at radius 3 is 2.75 bits per heavy atom. The Bertz CT molecular complexity index is 687. The lowest BCUT2D eigenvalue weighted by atomic mass is 10.2. The van der Waals surface area contributed by atoms with E-state index in [9.17, 15) is 8.42 Å². The molecule has 6 nitrogen and oxygen atoms in total. The van der Waals surface area contributed by atoms with Gasteiger partial charge in [-0.2, -0.15) is 0 Å². The van der Waals surface area contributed by atoms with Gasteiger partial charge < -0.3 is 0 Å². The summed E-state index contributed by atoms with van der Waals surface area (Å²) in [6.45, 7) is 0. The van der Waals surface area contributed by atoms with Crippen molar-refractivity contribution in [1.82, 2.24) is 14.8 Å². The number of nitrogens with zero attached hydrogens (tertiary/aromatic N) is 3. The monoisotopic (exact) mass is 312 g/mol. The highest BCUT2D eigenvalue weighted by molar-refractivity contribution is 7.89. The highest BCUT2D eigenvalue weighted by atomic mass is 32.2. The molecule has 108 valence electrons. The third-order valence-corrected chi connectivity index (χ3v) is 5.03. The average molecular weight is 312 g/mol. The van der Waals surface area contributed by atoms with Crippen LogP contribution in [0.2, 0.25) is 0 Å². The van der Waals surface area contributed by atoms with Gasteiger partial charge >= 0.3 is 0 Å². The molecule has 8 heteroatoms. The number of thiophene rings is 1. The van der Waals surface area contributed by atoms with Gasteiger partial charge in [-0.25, -0.2) is 13.6 Å². The zero-order chi connectivity index (χ0) is 14.2. The molecule has 2 aromatic heterocycles. The van der Waals surface area contributed by atoms with Crippen molar-refractivity contribution >= 4 is 21.4 Å². The van der Waals surface area contributed by atoms with E-state index in [1.165, 1.54) is 4.88 Å². The van der Waals surface area contributed by atoms with Crippen molar-refractivity contribution in [2.75, 3.05) is 0 Å². The highest BCUT2D eigenvalue weighted by Crippen LogP contribution is 2.37. The molecule has 0 unspecified atom stereocenters. The van der Waals surface area contributed by atoms with Gasteiger partial charge in [0.25, 0.3) is 15.2 Å². The number of rotatable bonds is 6. The van der Waals surface area contributed by atoms with E-state index in [1.54, 1.807) is 15.9 Å². The van der Waals surface area contributed by atoms with Gasteiger partial charge in [-0.15, -0.1) is 21.5 Å². The third-order valence-electron chi connectivity index (χ3n) is 3.31. The zero-order valence-corrected chi connectivity index (χ0v) is 12.5. The number of sulfonamides is 1. The van der Waals surface area contributed by atoms with E-state index in [-0.39, 0.29) is 11.2 Å². The summed E-state index contributed by atoms with van der Waals surface area (Å²) in [6, 6.07) is 4.34. The first-order valence-electron chi connectivity index (χ1n) is 6.54. The topological polar surface area (TPSA) is 90.9 Å². The lowest BCUT2D eigenvalue weighted by Gasteiger charge is -2.07. The molecule has 0 amide bonds. The van der Waals surface area contributed by atoms with E-state index in [4.69, 9.17) is 5.14 Å². The molecule has 2 aromatic rings. The molecule has 1 aliphatic carbocycles. The van der Waals surface area contributed by atoms with E-state index >= 15 is 0 Å². The van der Waals surface area contributed by atoms with E-state index in [0.717, 1.165) is 37.9 Å². The Morgan fingerprint density at radius 1 is 1.35 bits per heavy atom. The fourth-order valence-electron chi connectivity index (χ4n) is 2.25. The first kappa shape index (κ1) is 13.7. The van der Waals surface area contributed by atoms with Crippen LogP contribution in [0.1, 0.15) is 36.0 Å². The minimum absolute atomic E-state index is 0.0916. The largest absolute Gasteiger partial charge is 0.298 e. The summed E-state index contributed by atoms with van der Waals surface area (Å²) in [5.41, 5.74) is 0. The Labute approximate surface area is 121 Å². The van der Waals surface area contributed by atoms with Crippen molar-refractivity contribution in [3.8, 4) is 0 Å². The highest BCUT2D eigenvalue weighted by Gasteiger charge is 2.32. The first-order chi connectivity index (χ1) is 9.55. The smallest absolute Gasteiger partial charge is 0.273 e. The summed E-state index contributed by atoms with van der Waals surface area (Å²) >= 11 is 1.73. The summed E-state index contributed by atoms with van der Waals surface area (Å²) in [6.07, 6.45) is 4.56. The Hall–Kier alpha value is -1.25. The van der Waals surface area contributed by atoms with Gasteiger partial charge in [-0.05, 0) is 37.1 Å². The second kappa shape index (κ2) is 5.27.